The second-order valence-electron chi connectivity index (χ2n) is 9.45. The number of halogens is 3. The van der Waals surface area contributed by atoms with Gasteiger partial charge in [-0.15, -0.1) is 11.3 Å². The average molecular weight is 533 g/mol. The van der Waals surface area contributed by atoms with Gasteiger partial charge in [-0.25, -0.2) is 4.98 Å². The summed E-state index contributed by atoms with van der Waals surface area (Å²) in [7, 11) is 0. The molecule has 7 rings (SSSR count). The van der Waals surface area contributed by atoms with Gasteiger partial charge < -0.3 is 0 Å². The Morgan fingerprint density at radius 1 is 0.564 bits per heavy atom. The fraction of sp³-hybridized carbons (Fsp3) is 0.0303. The first-order chi connectivity index (χ1) is 18.9. The minimum absolute atomic E-state index is 0.654. The van der Waals surface area contributed by atoms with Gasteiger partial charge >= 0.3 is 6.18 Å². The standard InChI is InChI=1S/C33H19F3N2S/c34-33(35,36)27-12-9-21(10-13-27)24-7-8-25-16-26(19-38-30(25)18-24)22-5-3-20(4-6-22)23-11-14-31-29(17-23)28-2-1-15-37-32(28)39-31/h1-19H. The normalized spacial score (nSPS) is 12.0. The first kappa shape index (κ1) is 23.6. The number of hydrogen-bond donors (Lipinski definition) is 0. The van der Waals surface area contributed by atoms with E-state index in [0.717, 1.165) is 61.2 Å². The zero-order valence-electron chi connectivity index (χ0n) is 20.4. The monoisotopic (exact) mass is 532 g/mol. The highest BCUT2D eigenvalue weighted by atomic mass is 32.1. The third-order valence-electron chi connectivity index (χ3n) is 7.03. The van der Waals surface area contributed by atoms with Crippen molar-refractivity contribution >= 4 is 42.5 Å². The lowest BCUT2D eigenvalue weighted by Gasteiger charge is -2.09. The van der Waals surface area contributed by atoms with Crippen molar-refractivity contribution in [2.45, 2.75) is 6.18 Å². The van der Waals surface area contributed by atoms with Crippen molar-refractivity contribution in [2.24, 2.45) is 0 Å². The minimum Gasteiger partial charge on any atom is -0.256 e. The van der Waals surface area contributed by atoms with Crippen LogP contribution in [-0.4, -0.2) is 9.97 Å². The molecule has 188 valence electrons. The molecule has 0 aliphatic heterocycles. The van der Waals surface area contributed by atoms with Crippen LogP contribution in [-0.2, 0) is 6.18 Å². The highest BCUT2D eigenvalue weighted by Crippen LogP contribution is 2.36. The van der Waals surface area contributed by atoms with Crippen molar-refractivity contribution in [3.8, 4) is 33.4 Å². The Morgan fingerprint density at radius 3 is 1.95 bits per heavy atom. The van der Waals surface area contributed by atoms with Gasteiger partial charge in [0, 0.05) is 38.8 Å². The first-order valence-corrected chi connectivity index (χ1v) is 13.2. The Morgan fingerprint density at radius 2 is 1.21 bits per heavy atom. The summed E-state index contributed by atoms with van der Waals surface area (Å²) in [4.78, 5) is 10.2. The van der Waals surface area contributed by atoms with Crippen molar-refractivity contribution in [2.75, 3.05) is 0 Å². The summed E-state index contributed by atoms with van der Waals surface area (Å²) in [6.07, 6.45) is -0.677. The van der Waals surface area contributed by atoms with Crippen LogP contribution in [0.5, 0.6) is 0 Å². The Balaban J connectivity index is 1.17. The maximum atomic E-state index is 12.9. The topological polar surface area (TPSA) is 25.8 Å². The molecule has 0 aliphatic rings. The number of thiophene rings is 1. The van der Waals surface area contributed by atoms with Crippen LogP contribution >= 0.6 is 11.3 Å². The summed E-state index contributed by atoms with van der Waals surface area (Å²) in [5, 5.41) is 3.37. The van der Waals surface area contributed by atoms with E-state index < -0.39 is 11.7 Å². The lowest BCUT2D eigenvalue weighted by atomic mass is 9.98. The molecule has 0 aliphatic carbocycles. The van der Waals surface area contributed by atoms with Gasteiger partial charge in [0.2, 0.25) is 0 Å². The van der Waals surface area contributed by atoms with E-state index in [1.165, 1.54) is 27.6 Å². The van der Waals surface area contributed by atoms with Gasteiger partial charge in [-0.05, 0) is 76.3 Å². The lowest BCUT2D eigenvalue weighted by molar-refractivity contribution is -0.137. The van der Waals surface area contributed by atoms with Gasteiger partial charge in [-0.3, -0.25) is 4.98 Å². The van der Waals surface area contributed by atoms with Gasteiger partial charge in [0.05, 0.1) is 11.1 Å². The molecule has 0 fully saturated rings. The Labute approximate surface area is 226 Å². The van der Waals surface area contributed by atoms with Gasteiger partial charge in [0.25, 0.3) is 0 Å². The van der Waals surface area contributed by atoms with Crippen LogP contribution in [0.2, 0.25) is 0 Å². The second-order valence-corrected chi connectivity index (χ2v) is 10.5. The third kappa shape index (κ3) is 4.33. The van der Waals surface area contributed by atoms with Crippen LogP contribution in [0.1, 0.15) is 5.56 Å². The maximum Gasteiger partial charge on any atom is 0.416 e. The van der Waals surface area contributed by atoms with Crippen molar-refractivity contribution in [1.82, 2.24) is 9.97 Å². The quantitative estimate of drug-likeness (QED) is 0.226. The predicted molar refractivity (Wildman–Crippen MR) is 154 cm³/mol. The molecule has 0 amide bonds. The first-order valence-electron chi connectivity index (χ1n) is 12.4. The van der Waals surface area contributed by atoms with E-state index in [4.69, 9.17) is 0 Å². The summed E-state index contributed by atoms with van der Waals surface area (Å²) in [6, 6.07) is 32.2. The van der Waals surface area contributed by atoms with E-state index in [0.29, 0.717) is 0 Å². The molecular weight excluding hydrogens is 513 g/mol. The van der Waals surface area contributed by atoms with E-state index in [2.05, 4.69) is 64.6 Å². The number of nitrogens with zero attached hydrogens (tertiary/aromatic N) is 2. The van der Waals surface area contributed by atoms with Crippen LogP contribution in [0.15, 0.2) is 116 Å². The molecule has 4 aromatic carbocycles. The molecule has 6 heteroatoms. The number of benzene rings is 4. The largest absolute Gasteiger partial charge is 0.416 e. The fourth-order valence-electron chi connectivity index (χ4n) is 4.96. The molecule has 0 radical (unpaired) electrons. The summed E-state index contributed by atoms with van der Waals surface area (Å²) in [5.74, 6) is 0. The van der Waals surface area contributed by atoms with E-state index >= 15 is 0 Å². The summed E-state index contributed by atoms with van der Waals surface area (Å²) >= 11 is 1.71. The number of hydrogen-bond acceptors (Lipinski definition) is 3. The molecule has 2 nitrogen and oxygen atoms in total. The molecule has 7 aromatic rings. The van der Waals surface area contributed by atoms with Gasteiger partial charge in [-0.1, -0.05) is 54.6 Å². The van der Waals surface area contributed by atoms with Crippen LogP contribution < -0.4 is 0 Å². The van der Waals surface area contributed by atoms with Crippen LogP contribution in [0.25, 0.3) is 64.6 Å². The van der Waals surface area contributed by atoms with E-state index in [1.54, 1.807) is 11.3 Å². The van der Waals surface area contributed by atoms with E-state index in [1.807, 2.05) is 36.7 Å². The SMILES string of the molecule is FC(F)(F)c1ccc(-c2ccc3cc(-c4ccc(-c5ccc6sc7ncccc7c6c5)cc4)cnc3c2)cc1. The third-order valence-corrected chi connectivity index (χ3v) is 8.12. The molecule has 0 saturated heterocycles. The van der Waals surface area contributed by atoms with Crippen molar-refractivity contribution in [1.29, 1.82) is 0 Å². The maximum absolute atomic E-state index is 12.9. The highest BCUT2D eigenvalue weighted by molar-refractivity contribution is 7.25. The van der Waals surface area contributed by atoms with Crippen LogP contribution in [0.4, 0.5) is 13.2 Å². The fourth-order valence-corrected chi connectivity index (χ4v) is 5.98. The molecule has 0 saturated carbocycles. The van der Waals surface area contributed by atoms with E-state index in [9.17, 15) is 13.2 Å². The van der Waals surface area contributed by atoms with Gasteiger partial charge in [0.15, 0.2) is 0 Å². The number of pyridine rings is 2. The molecule has 0 N–H and O–H groups in total. The molecule has 0 spiro atoms. The number of fused-ring (bicyclic) bond motifs is 4. The smallest absolute Gasteiger partial charge is 0.256 e. The van der Waals surface area contributed by atoms with Crippen LogP contribution in [0.3, 0.4) is 0 Å². The zero-order valence-corrected chi connectivity index (χ0v) is 21.2. The van der Waals surface area contributed by atoms with Crippen molar-refractivity contribution in [3.63, 3.8) is 0 Å². The molecule has 0 atom stereocenters. The predicted octanol–water partition coefficient (Wildman–Crippen LogP) is 10.0. The number of aromatic nitrogens is 2. The van der Waals surface area contributed by atoms with Gasteiger partial charge in [-0.2, -0.15) is 13.2 Å². The molecule has 3 heterocycles. The summed E-state index contributed by atoms with van der Waals surface area (Å²) < 4.78 is 39.9. The molecule has 0 bridgehead atoms. The molecule has 3 aromatic heterocycles. The molecular formula is C33H19F3N2S. The average Bonchev–Trinajstić information content (AvgIpc) is 3.34. The van der Waals surface area contributed by atoms with Crippen molar-refractivity contribution < 1.29 is 13.2 Å². The van der Waals surface area contributed by atoms with Gasteiger partial charge in [0.1, 0.15) is 4.83 Å². The zero-order chi connectivity index (χ0) is 26.6. The van der Waals surface area contributed by atoms with Crippen LogP contribution in [0, 0.1) is 0 Å². The summed E-state index contributed by atoms with van der Waals surface area (Å²) in [5.41, 5.74) is 6.04. The summed E-state index contributed by atoms with van der Waals surface area (Å²) in [6.45, 7) is 0. The number of rotatable bonds is 3. The Kier molecular flexibility index (Phi) is 5.46. The Hall–Kier alpha value is -4.55. The molecule has 39 heavy (non-hydrogen) atoms. The minimum atomic E-state index is -4.34. The Bertz CT molecular complexity index is 1990. The molecule has 0 unspecified atom stereocenters. The van der Waals surface area contributed by atoms with Crippen molar-refractivity contribution in [3.05, 3.63) is 121 Å². The number of alkyl halides is 3. The lowest BCUT2D eigenvalue weighted by Crippen LogP contribution is -2.03. The second kappa shape index (κ2) is 9.03. The highest BCUT2D eigenvalue weighted by Gasteiger charge is 2.30. The van der Waals surface area contributed by atoms with E-state index in [-0.39, 0.29) is 0 Å².